The van der Waals surface area contributed by atoms with Crippen molar-refractivity contribution in [3.63, 3.8) is 0 Å². The van der Waals surface area contributed by atoms with Gasteiger partial charge in [-0.1, -0.05) is 18.2 Å². The molecule has 0 saturated heterocycles. The van der Waals surface area contributed by atoms with Gasteiger partial charge in [-0.15, -0.1) is 11.8 Å². The number of nitro benzene ring substituents is 1. The van der Waals surface area contributed by atoms with E-state index in [4.69, 9.17) is 12.2 Å². The molecule has 1 amide bonds. The Labute approximate surface area is 166 Å². The monoisotopic (exact) mass is 430 g/mol. The van der Waals surface area contributed by atoms with Crippen LogP contribution < -0.4 is 16.2 Å². The lowest BCUT2D eigenvalue weighted by atomic mass is 10.2. The molecule has 0 bridgehead atoms. The van der Waals surface area contributed by atoms with Gasteiger partial charge in [-0.05, 0) is 36.5 Å². The van der Waals surface area contributed by atoms with Crippen molar-refractivity contribution in [2.75, 3.05) is 11.1 Å². The normalized spacial score (nSPS) is 10.8. The third kappa shape index (κ3) is 6.39. The quantitative estimate of drug-likeness (QED) is 0.288. The number of hydrazine groups is 1. The highest BCUT2D eigenvalue weighted by molar-refractivity contribution is 8.00. The van der Waals surface area contributed by atoms with Gasteiger partial charge in [0.05, 0.1) is 21.1 Å². The van der Waals surface area contributed by atoms with Crippen molar-refractivity contribution >= 4 is 46.4 Å². The number of hydrogen-bond acceptors (Lipinski definition) is 5. The number of nitro groups is 1. The Morgan fingerprint density at radius 2 is 1.82 bits per heavy atom. The summed E-state index contributed by atoms with van der Waals surface area (Å²) in [6.07, 6.45) is -4.70. The third-order valence-corrected chi connectivity index (χ3v) is 4.46. The van der Waals surface area contributed by atoms with Gasteiger partial charge in [0.15, 0.2) is 5.11 Å². The Balaban J connectivity index is 1.90. The van der Waals surface area contributed by atoms with E-state index in [1.54, 1.807) is 24.3 Å². The molecule has 0 atom stereocenters. The first-order chi connectivity index (χ1) is 13.2. The number of carbonyl (C=O) groups excluding carboxylic acids is 1. The number of benzene rings is 2. The molecule has 2 aromatic rings. The summed E-state index contributed by atoms with van der Waals surface area (Å²) in [5, 5.41) is 14.0. The molecule has 3 N–H and O–H groups in total. The van der Waals surface area contributed by atoms with Crippen molar-refractivity contribution in [2.45, 2.75) is 11.1 Å². The Kier molecular flexibility index (Phi) is 7.18. The average molecular weight is 430 g/mol. The fourth-order valence-corrected chi connectivity index (χ4v) is 2.92. The molecule has 148 valence electrons. The number of para-hydroxylation sites is 1. The minimum atomic E-state index is -4.70. The molecular weight excluding hydrogens is 417 g/mol. The lowest BCUT2D eigenvalue weighted by Crippen LogP contribution is -2.44. The number of nitrogens with zero attached hydrogens (tertiary/aromatic N) is 1. The van der Waals surface area contributed by atoms with Crippen molar-refractivity contribution in [2.24, 2.45) is 0 Å². The highest BCUT2D eigenvalue weighted by Crippen LogP contribution is 2.36. The van der Waals surface area contributed by atoms with Gasteiger partial charge in [0.25, 0.3) is 5.69 Å². The molecule has 0 aliphatic carbocycles. The van der Waals surface area contributed by atoms with Gasteiger partial charge in [-0.2, -0.15) is 13.2 Å². The van der Waals surface area contributed by atoms with Gasteiger partial charge in [0.2, 0.25) is 5.91 Å². The van der Waals surface area contributed by atoms with Crippen LogP contribution in [-0.2, 0) is 11.0 Å². The van der Waals surface area contributed by atoms with E-state index in [1.807, 2.05) is 6.07 Å². The molecule has 0 heterocycles. The van der Waals surface area contributed by atoms with Crippen LogP contribution in [0.25, 0.3) is 0 Å². The molecule has 0 saturated carbocycles. The molecule has 0 unspecified atom stereocenters. The smallest absolute Gasteiger partial charge is 0.331 e. The fraction of sp³-hybridized carbons (Fsp3) is 0.125. The van der Waals surface area contributed by atoms with Crippen LogP contribution in [-0.4, -0.2) is 21.7 Å². The zero-order chi connectivity index (χ0) is 20.7. The molecule has 28 heavy (non-hydrogen) atoms. The van der Waals surface area contributed by atoms with Crippen molar-refractivity contribution in [1.29, 1.82) is 0 Å². The van der Waals surface area contributed by atoms with E-state index in [0.717, 1.165) is 23.9 Å². The number of halogens is 3. The molecule has 2 rings (SSSR count). The summed E-state index contributed by atoms with van der Waals surface area (Å²) in [4.78, 5) is 21.9. The number of anilines is 1. The molecule has 0 radical (unpaired) electrons. The second kappa shape index (κ2) is 9.37. The van der Waals surface area contributed by atoms with Crippen LogP contribution in [0.4, 0.5) is 24.5 Å². The molecule has 0 aliphatic heterocycles. The van der Waals surface area contributed by atoms with Crippen LogP contribution >= 0.6 is 24.0 Å². The number of alkyl halides is 3. The molecule has 7 nitrogen and oxygen atoms in total. The first-order valence-electron chi connectivity index (χ1n) is 7.56. The van der Waals surface area contributed by atoms with Crippen molar-refractivity contribution in [3.8, 4) is 0 Å². The second-order valence-electron chi connectivity index (χ2n) is 5.22. The Hall–Kier alpha value is -2.86. The molecule has 12 heteroatoms. The minimum Gasteiger partial charge on any atom is -0.331 e. The summed E-state index contributed by atoms with van der Waals surface area (Å²) in [5.41, 5.74) is 3.60. The van der Waals surface area contributed by atoms with Crippen molar-refractivity contribution < 1.29 is 22.9 Å². The third-order valence-electron chi connectivity index (χ3n) is 3.19. The van der Waals surface area contributed by atoms with Crippen LogP contribution in [0.5, 0.6) is 0 Å². The van der Waals surface area contributed by atoms with Crippen LogP contribution in [0.1, 0.15) is 5.56 Å². The first kappa shape index (κ1) is 21.4. The van der Waals surface area contributed by atoms with Crippen LogP contribution in [0, 0.1) is 10.1 Å². The topological polar surface area (TPSA) is 96.3 Å². The van der Waals surface area contributed by atoms with Gasteiger partial charge in [0.1, 0.15) is 0 Å². The lowest BCUT2D eigenvalue weighted by molar-refractivity contribution is -0.388. The zero-order valence-electron chi connectivity index (χ0n) is 13.9. The molecule has 0 aliphatic rings. The maximum atomic E-state index is 12.7. The number of amides is 1. The largest absolute Gasteiger partial charge is 0.416 e. The standard InChI is InChI=1S/C16H13F3N4O3S2/c17-16(18,19)10-6-7-13(12(8-10)23(25)26)28-9-14(24)21-22-15(27)20-11-4-2-1-3-5-11/h1-8H,9H2,(H,21,24)(H2,20,22,27). The Morgan fingerprint density at radius 1 is 1.14 bits per heavy atom. The number of thioether (sulfide) groups is 1. The van der Waals surface area contributed by atoms with E-state index in [-0.39, 0.29) is 15.8 Å². The molecule has 0 fully saturated rings. The van der Waals surface area contributed by atoms with Crippen LogP contribution in [0.2, 0.25) is 0 Å². The summed E-state index contributed by atoms with van der Waals surface area (Å²) in [6.45, 7) is 0. The number of carbonyl (C=O) groups is 1. The van der Waals surface area contributed by atoms with Gasteiger partial charge < -0.3 is 5.32 Å². The zero-order valence-corrected chi connectivity index (χ0v) is 15.6. The SMILES string of the molecule is O=C(CSc1ccc(C(F)(F)F)cc1[N+](=O)[O-])NNC(=S)Nc1ccccc1. The second-order valence-corrected chi connectivity index (χ2v) is 6.64. The summed E-state index contributed by atoms with van der Waals surface area (Å²) in [7, 11) is 0. The van der Waals surface area contributed by atoms with E-state index in [2.05, 4.69) is 16.2 Å². The van der Waals surface area contributed by atoms with Gasteiger partial charge in [0, 0.05) is 11.8 Å². The maximum Gasteiger partial charge on any atom is 0.416 e. The summed E-state index contributed by atoms with van der Waals surface area (Å²) >= 11 is 5.73. The summed E-state index contributed by atoms with van der Waals surface area (Å²) < 4.78 is 38.1. The summed E-state index contributed by atoms with van der Waals surface area (Å²) in [6, 6.07) is 11.1. The number of nitrogens with one attached hydrogen (secondary N) is 3. The average Bonchev–Trinajstić information content (AvgIpc) is 2.64. The predicted octanol–water partition coefficient (Wildman–Crippen LogP) is 3.72. The van der Waals surface area contributed by atoms with Crippen LogP contribution in [0.15, 0.2) is 53.4 Å². The van der Waals surface area contributed by atoms with E-state index in [9.17, 15) is 28.1 Å². The minimum absolute atomic E-state index is 0.0573. The van der Waals surface area contributed by atoms with Gasteiger partial charge in [-0.25, -0.2) is 0 Å². The molecule has 2 aromatic carbocycles. The highest BCUT2D eigenvalue weighted by atomic mass is 32.2. The predicted molar refractivity (Wildman–Crippen MR) is 103 cm³/mol. The Morgan fingerprint density at radius 3 is 2.43 bits per heavy atom. The van der Waals surface area contributed by atoms with Gasteiger partial charge in [-0.3, -0.25) is 25.8 Å². The van der Waals surface area contributed by atoms with Crippen molar-refractivity contribution in [1.82, 2.24) is 10.9 Å². The van der Waals surface area contributed by atoms with E-state index in [0.29, 0.717) is 11.8 Å². The van der Waals surface area contributed by atoms with Crippen molar-refractivity contribution in [3.05, 3.63) is 64.2 Å². The van der Waals surface area contributed by atoms with E-state index < -0.39 is 28.3 Å². The molecular formula is C16H13F3N4O3S2. The highest BCUT2D eigenvalue weighted by Gasteiger charge is 2.33. The van der Waals surface area contributed by atoms with E-state index in [1.165, 1.54) is 0 Å². The fourth-order valence-electron chi connectivity index (χ4n) is 1.95. The number of rotatable bonds is 5. The number of thiocarbonyl (C=S) groups is 1. The molecule has 0 spiro atoms. The Bertz CT molecular complexity index is 879. The summed E-state index contributed by atoms with van der Waals surface area (Å²) in [5.74, 6) is -0.843. The van der Waals surface area contributed by atoms with Gasteiger partial charge >= 0.3 is 6.18 Å². The molecule has 0 aromatic heterocycles. The van der Waals surface area contributed by atoms with E-state index >= 15 is 0 Å². The maximum absolute atomic E-state index is 12.7. The lowest BCUT2D eigenvalue weighted by Gasteiger charge is -2.12. The number of hydrogen-bond donors (Lipinski definition) is 3. The van der Waals surface area contributed by atoms with Crippen LogP contribution in [0.3, 0.4) is 0 Å². The first-order valence-corrected chi connectivity index (χ1v) is 8.95.